The molecule has 5 heteroatoms. The summed E-state index contributed by atoms with van der Waals surface area (Å²) in [5, 5.41) is 2.79. The molecule has 0 aliphatic carbocycles. The Balaban J connectivity index is 1.87. The normalized spacial score (nSPS) is 16.4. The van der Waals surface area contributed by atoms with Gasteiger partial charge in [0.1, 0.15) is 6.42 Å². The van der Waals surface area contributed by atoms with Gasteiger partial charge in [0.05, 0.1) is 6.04 Å². The Morgan fingerprint density at radius 1 is 1.20 bits per heavy atom. The summed E-state index contributed by atoms with van der Waals surface area (Å²) in [5.74, 6) is -0.316. The molecular weight excluding hydrogens is 314 g/mol. The van der Waals surface area contributed by atoms with E-state index in [4.69, 9.17) is 0 Å². The fourth-order valence-electron chi connectivity index (χ4n) is 3.41. The number of fused-ring (bicyclic) bond motifs is 1. The minimum atomic E-state index is -0.198. The summed E-state index contributed by atoms with van der Waals surface area (Å²) < 4.78 is 2.19. The zero-order valence-corrected chi connectivity index (χ0v) is 14.9. The lowest BCUT2D eigenvalue weighted by Crippen LogP contribution is -2.44. The van der Waals surface area contributed by atoms with Gasteiger partial charge in [0.15, 0.2) is 0 Å². The first-order valence-corrected chi connectivity index (χ1v) is 8.88. The van der Waals surface area contributed by atoms with E-state index in [1.54, 1.807) is 0 Å². The zero-order valence-electron chi connectivity index (χ0n) is 14.9. The van der Waals surface area contributed by atoms with Crippen LogP contribution in [0.1, 0.15) is 42.6 Å². The quantitative estimate of drug-likeness (QED) is 0.852. The van der Waals surface area contributed by atoms with Crippen LogP contribution in [-0.4, -0.2) is 34.4 Å². The van der Waals surface area contributed by atoms with E-state index in [2.05, 4.69) is 41.1 Å². The van der Waals surface area contributed by atoms with Crippen molar-refractivity contribution in [2.45, 2.75) is 39.3 Å². The number of rotatable bonds is 5. The molecule has 0 fully saturated rings. The van der Waals surface area contributed by atoms with Gasteiger partial charge in [-0.05, 0) is 31.0 Å². The summed E-state index contributed by atoms with van der Waals surface area (Å²) >= 11 is 0. The predicted molar refractivity (Wildman–Crippen MR) is 97.1 cm³/mol. The predicted octanol–water partition coefficient (Wildman–Crippen LogP) is 2.64. The van der Waals surface area contributed by atoms with E-state index in [9.17, 15) is 9.59 Å². The molecule has 0 saturated heterocycles. The van der Waals surface area contributed by atoms with Crippen molar-refractivity contribution in [1.29, 1.82) is 0 Å². The Morgan fingerprint density at radius 3 is 2.80 bits per heavy atom. The monoisotopic (exact) mass is 339 g/mol. The second-order valence-electron chi connectivity index (χ2n) is 6.56. The van der Waals surface area contributed by atoms with Gasteiger partial charge in [-0.1, -0.05) is 36.8 Å². The Labute approximate surface area is 148 Å². The first kappa shape index (κ1) is 17.3. The van der Waals surface area contributed by atoms with E-state index >= 15 is 0 Å². The molecule has 1 N–H and O–H groups in total. The minimum Gasteiger partial charge on any atom is -0.356 e. The molecule has 1 aromatic heterocycles. The van der Waals surface area contributed by atoms with E-state index < -0.39 is 0 Å². The molecule has 1 unspecified atom stereocenters. The van der Waals surface area contributed by atoms with Crippen LogP contribution in [0.25, 0.3) is 0 Å². The van der Waals surface area contributed by atoms with E-state index in [-0.39, 0.29) is 24.3 Å². The van der Waals surface area contributed by atoms with E-state index in [0.717, 1.165) is 29.8 Å². The average molecular weight is 339 g/mol. The number of hydrogen-bond donors (Lipinski definition) is 1. The highest BCUT2D eigenvalue weighted by molar-refractivity contribution is 5.97. The number of aryl methyl sites for hydroxylation is 1. The van der Waals surface area contributed by atoms with Crippen LogP contribution in [-0.2, 0) is 16.1 Å². The third-order valence-corrected chi connectivity index (χ3v) is 4.60. The lowest BCUT2D eigenvalue weighted by atomic mass is 9.98. The van der Waals surface area contributed by atoms with Crippen molar-refractivity contribution < 1.29 is 9.59 Å². The van der Waals surface area contributed by atoms with Crippen LogP contribution in [0.4, 0.5) is 0 Å². The van der Waals surface area contributed by atoms with Crippen molar-refractivity contribution in [3.05, 3.63) is 59.4 Å². The van der Waals surface area contributed by atoms with Gasteiger partial charge >= 0.3 is 0 Å². The van der Waals surface area contributed by atoms with Crippen LogP contribution in [0, 0.1) is 6.92 Å². The molecule has 0 spiro atoms. The first-order chi connectivity index (χ1) is 12.1. The topological polar surface area (TPSA) is 54.3 Å². The van der Waals surface area contributed by atoms with Crippen molar-refractivity contribution in [2.24, 2.45) is 0 Å². The van der Waals surface area contributed by atoms with Crippen LogP contribution in [0.15, 0.2) is 42.6 Å². The number of aromatic nitrogens is 1. The van der Waals surface area contributed by atoms with Crippen LogP contribution < -0.4 is 5.32 Å². The number of hydrogen-bond acceptors (Lipinski definition) is 2. The van der Waals surface area contributed by atoms with Crippen molar-refractivity contribution in [3.8, 4) is 0 Å². The third kappa shape index (κ3) is 3.76. The smallest absolute Gasteiger partial charge is 0.232 e. The van der Waals surface area contributed by atoms with Gasteiger partial charge in [0, 0.05) is 31.5 Å². The maximum atomic E-state index is 12.8. The number of nitrogens with zero attached hydrogens (tertiary/aromatic N) is 2. The summed E-state index contributed by atoms with van der Waals surface area (Å²) in [6, 6.07) is 12.2. The highest BCUT2D eigenvalue weighted by Crippen LogP contribution is 2.33. The summed E-state index contributed by atoms with van der Waals surface area (Å²) in [5.41, 5.74) is 3.34. The lowest BCUT2D eigenvalue weighted by molar-refractivity contribution is -0.138. The lowest BCUT2D eigenvalue weighted by Gasteiger charge is -2.37. The highest BCUT2D eigenvalue weighted by Gasteiger charge is 2.32. The average Bonchev–Trinajstić information content (AvgIpc) is 3.07. The molecule has 0 saturated carbocycles. The molecule has 132 valence electrons. The third-order valence-electron chi connectivity index (χ3n) is 4.60. The molecule has 5 nitrogen and oxygen atoms in total. The summed E-state index contributed by atoms with van der Waals surface area (Å²) in [6.45, 7) is 6.02. The van der Waals surface area contributed by atoms with Gasteiger partial charge in [-0.25, -0.2) is 0 Å². The molecule has 3 rings (SSSR count). The van der Waals surface area contributed by atoms with Crippen molar-refractivity contribution in [2.75, 3.05) is 13.1 Å². The highest BCUT2D eigenvalue weighted by atomic mass is 16.2. The number of nitrogens with one attached hydrogen (secondary N) is 1. The van der Waals surface area contributed by atoms with E-state index in [1.165, 1.54) is 0 Å². The Morgan fingerprint density at radius 2 is 2.04 bits per heavy atom. The standard InChI is InChI=1S/C20H25N3O2/c1-3-9-21-18(24)14-19(25)23-12-11-22-10-5-8-17(22)20(23)16-7-4-6-15(2)13-16/h4-8,10,13,20H,3,9,11-12,14H2,1-2H3,(H,21,24). The molecule has 1 aliphatic rings. The molecule has 1 aromatic carbocycles. The van der Waals surface area contributed by atoms with E-state index in [1.807, 2.05) is 30.2 Å². The van der Waals surface area contributed by atoms with Gasteiger partial charge in [-0.2, -0.15) is 0 Å². The first-order valence-electron chi connectivity index (χ1n) is 8.88. The Kier molecular flexibility index (Phi) is 5.22. The molecule has 2 heterocycles. The summed E-state index contributed by atoms with van der Waals surface area (Å²) in [7, 11) is 0. The van der Waals surface area contributed by atoms with Crippen molar-refractivity contribution in [3.63, 3.8) is 0 Å². The number of benzene rings is 1. The second-order valence-corrected chi connectivity index (χ2v) is 6.56. The van der Waals surface area contributed by atoms with Gasteiger partial charge in [-0.15, -0.1) is 0 Å². The summed E-state index contributed by atoms with van der Waals surface area (Å²) in [4.78, 5) is 26.7. The number of carbonyl (C=O) groups is 2. The number of carbonyl (C=O) groups excluding carboxylic acids is 2. The van der Waals surface area contributed by atoms with Crippen molar-refractivity contribution >= 4 is 11.8 Å². The van der Waals surface area contributed by atoms with Gasteiger partial charge < -0.3 is 14.8 Å². The molecule has 25 heavy (non-hydrogen) atoms. The van der Waals surface area contributed by atoms with E-state index in [0.29, 0.717) is 13.1 Å². The molecule has 1 atom stereocenters. The van der Waals surface area contributed by atoms with Crippen LogP contribution >= 0.6 is 0 Å². The number of amides is 2. The van der Waals surface area contributed by atoms with Crippen molar-refractivity contribution in [1.82, 2.24) is 14.8 Å². The largest absolute Gasteiger partial charge is 0.356 e. The fourth-order valence-corrected chi connectivity index (χ4v) is 3.41. The van der Waals surface area contributed by atoms with Crippen LogP contribution in [0.3, 0.4) is 0 Å². The molecule has 1 aliphatic heterocycles. The fraction of sp³-hybridized carbons (Fsp3) is 0.400. The van der Waals surface area contributed by atoms with Crippen LogP contribution in [0.5, 0.6) is 0 Å². The maximum absolute atomic E-state index is 12.8. The molecule has 0 bridgehead atoms. The Bertz CT molecular complexity index is 766. The van der Waals surface area contributed by atoms with Crippen LogP contribution in [0.2, 0.25) is 0 Å². The molecule has 2 aromatic rings. The minimum absolute atomic E-state index is 0.0942. The molecule has 0 radical (unpaired) electrons. The van der Waals surface area contributed by atoms with Gasteiger partial charge in [-0.3, -0.25) is 9.59 Å². The van der Waals surface area contributed by atoms with Gasteiger partial charge in [0.2, 0.25) is 11.8 Å². The Hall–Kier alpha value is -2.56. The maximum Gasteiger partial charge on any atom is 0.232 e. The molecule has 2 amide bonds. The second kappa shape index (κ2) is 7.55. The summed E-state index contributed by atoms with van der Waals surface area (Å²) in [6.07, 6.45) is 2.82. The molecular formula is C20H25N3O2. The van der Waals surface area contributed by atoms with Gasteiger partial charge in [0.25, 0.3) is 0 Å². The zero-order chi connectivity index (χ0) is 17.8. The SMILES string of the molecule is CCCNC(=O)CC(=O)N1CCn2cccc2C1c1cccc(C)c1.